The summed E-state index contributed by atoms with van der Waals surface area (Å²) in [6, 6.07) is 7.81. The predicted molar refractivity (Wildman–Crippen MR) is 86.7 cm³/mol. The van der Waals surface area contributed by atoms with Gasteiger partial charge in [-0.15, -0.1) is 0 Å². The van der Waals surface area contributed by atoms with Gasteiger partial charge in [-0.2, -0.15) is 0 Å². The fraction of sp³-hybridized carbons (Fsp3) is 0.471. The van der Waals surface area contributed by atoms with Gasteiger partial charge in [0, 0.05) is 28.9 Å². The summed E-state index contributed by atoms with van der Waals surface area (Å²) in [5, 5.41) is -0.109. The second kappa shape index (κ2) is 4.29. The van der Waals surface area contributed by atoms with Gasteiger partial charge in [-0.3, -0.25) is 9.00 Å². The number of allylic oxidation sites excluding steroid dienone is 1. The Morgan fingerprint density at radius 2 is 2.00 bits per heavy atom. The first kappa shape index (κ1) is 14.5. The van der Waals surface area contributed by atoms with Crippen molar-refractivity contribution in [2.24, 2.45) is 5.41 Å². The molecule has 1 amide bonds. The average Bonchev–Trinajstić information content (AvgIpc) is 2.65. The van der Waals surface area contributed by atoms with Crippen molar-refractivity contribution < 1.29 is 9.00 Å². The minimum Gasteiger partial charge on any atom is -0.314 e. The first-order valence-electron chi connectivity index (χ1n) is 7.19. The first-order chi connectivity index (χ1) is 9.75. The van der Waals surface area contributed by atoms with Crippen LogP contribution in [0.5, 0.6) is 0 Å². The lowest BCUT2D eigenvalue weighted by Gasteiger charge is -2.41. The number of nitrogens with zero attached hydrogens (tertiary/aromatic N) is 1. The summed E-state index contributed by atoms with van der Waals surface area (Å²) < 4.78 is 12.3. The minimum atomic E-state index is -1.26. The maximum absolute atomic E-state index is 13.2. The van der Waals surface area contributed by atoms with Gasteiger partial charge in [0.05, 0.1) is 5.25 Å². The third-order valence-electron chi connectivity index (χ3n) is 5.61. The maximum atomic E-state index is 13.2. The van der Waals surface area contributed by atoms with E-state index in [1.165, 1.54) is 0 Å². The lowest BCUT2D eigenvalue weighted by atomic mass is 9.68. The first-order valence-corrected chi connectivity index (χ1v) is 8.40. The van der Waals surface area contributed by atoms with Crippen LogP contribution in [0, 0.1) is 5.41 Å². The van der Waals surface area contributed by atoms with Crippen LogP contribution in [0.25, 0.3) is 0 Å². The highest BCUT2D eigenvalue weighted by molar-refractivity contribution is 7.88. The van der Waals surface area contributed by atoms with Gasteiger partial charge < -0.3 is 4.90 Å². The van der Waals surface area contributed by atoms with E-state index in [1.54, 1.807) is 11.9 Å². The van der Waals surface area contributed by atoms with Crippen molar-refractivity contribution in [3.05, 3.63) is 42.0 Å². The maximum Gasteiger partial charge on any atom is 0.246 e. The summed E-state index contributed by atoms with van der Waals surface area (Å²) in [5.41, 5.74) is 2.39. The van der Waals surface area contributed by atoms with Crippen molar-refractivity contribution in [1.82, 2.24) is 0 Å². The molecule has 0 spiro atoms. The zero-order valence-electron chi connectivity index (χ0n) is 13.0. The van der Waals surface area contributed by atoms with Crippen molar-refractivity contribution in [2.45, 2.75) is 37.2 Å². The SMILES string of the molecule is C=C(C)[C@@]1(C)CC2c3ccccc3N(C)C(=O)[C@@]1(C)S2=O. The van der Waals surface area contributed by atoms with Crippen LogP contribution in [0.4, 0.5) is 5.69 Å². The van der Waals surface area contributed by atoms with Crippen LogP contribution < -0.4 is 4.90 Å². The number of amides is 1. The Labute approximate surface area is 128 Å². The normalized spacial score (nSPS) is 38.1. The largest absolute Gasteiger partial charge is 0.314 e. The predicted octanol–water partition coefficient (Wildman–Crippen LogP) is 3.20. The van der Waals surface area contributed by atoms with E-state index >= 15 is 0 Å². The Hall–Kier alpha value is -1.42. The van der Waals surface area contributed by atoms with Crippen LogP contribution in [0.2, 0.25) is 0 Å². The van der Waals surface area contributed by atoms with Crippen LogP contribution in [0.3, 0.4) is 0 Å². The molecule has 4 heteroatoms. The van der Waals surface area contributed by atoms with E-state index in [2.05, 4.69) is 6.58 Å². The summed E-state index contributed by atoms with van der Waals surface area (Å²) in [4.78, 5) is 14.8. The molecule has 1 aromatic carbocycles. The van der Waals surface area contributed by atoms with Gasteiger partial charge in [0.15, 0.2) is 0 Å². The number of hydrogen-bond donors (Lipinski definition) is 0. The van der Waals surface area contributed by atoms with Gasteiger partial charge >= 0.3 is 0 Å². The summed E-state index contributed by atoms with van der Waals surface area (Å²) in [6.07, 6.45) is 0.710. The molecule has 112 valence electrons. The molecule has 0 N–H and O–H groups in total. The Balaban J connectivity index is 2.33. The van der Waals surface area contributed by atoms with Crippen molar-refractivity contribution >= 4 is 22.4 Å². The van der Waals surface area contributed by atoms with Gasteiger partial charge in [0.2, 0.25) is 5.91 Å². The van der Waals surface area contributed by atoms with Crippen LogP contribution >= 0.6 is 0 Å². The number of benzene rings is 1. The Kier molecular flexibility index (Phi) is 2.97. The third kappa shape index (κ3) is 1.54. The van der Waals surface area contributed by atoms with E-state index in [9.17, 15) is 9.00 Å². The lowest BCUT2D eigenvalue weighted by Crippen LogP contribution is -2.55. The minimum absolute atomic E-state index is 0.0706. The van der Waals surface area contributed by atoms with Gasteiger partial charge in [-0.1, -0.05) is 37.3 Å². The molecular formula is C17H21NO2S. The molecule has 1 fully saturated rings. The molecule has 2 bridgehead atoms. The standard InChI is InChI=1S/C17H21NO2S/c1-11(2)16(3)10-14-12-8-6-7-9-13(12)18(5)15(19)17(16,4)21(14)20/h6-9,14H,1,10H2,2-5H3/t14?,16-,17-,21?/m1/s1. The van der Waals surface area contributed by atoms with Gasteiger partial charge in [-0.25, -0.2) is 0 Å². The smallest absolute Gasteiger partial charge is 0.246 e. The molecule has 3 rings (SSSR count). The van der Waals surface area contributed by atoms with Crippen LogP contribution in [-0.4, -0.2) is 21.9 Å². The second-order valence-corrected chi connectivity index (χ2v) is 8.54. The highest BCUT2D eigenvalue weighted by Gasteiger charge is 2.65. The molecule has 21 heavy (non-hydrogen) atoms. The number of anilines is 1. The lowest BCUT2D eigenvalue weighted by molar-refractivity contribution is -0.122. The molecule has 2 aliphatic heterocycles. The molecule has 1 saturated heterocycles. The van der Waals surface area contributed by atoms with Crippen molar-refractivity contribution in [3.8, 4) is 0 Å². The molecule has 2 heterocycles. The number of carbonyl (C=O) groups excluding carboxylic acids is 1. The molecular weight excluding hydrogens is 282 g/mol. The molecule has 2 unspecified atom stereocenters. The zero-order valence-corrected chi connectivity index (χ0v) is 13.8. The van der Waals surface area contributed by atoms with Gasteiger partial charge in [-0.05, 0) is 31.9 Å². The molecule has 0 aromatic heterocycles. The second-order valence-electron chi connectivity index (χ2n) is 6.56. The van der Waals surface area contributed by atoms with Gasteiger partial charge in [0.1, 0.15) is 4.75 Å². The van der Waals surface area contributed by atoms with Crippen LogP contribution in [0.1, 0.15) is 38.0 Å². The Bertz CT molecular complexity index is 683. The Morgan fingerprint density at radius 3 is 2.62 bits per heavy atom. The van der Waals surface area contributed by atoms with E-state index in [0.717, 1.165) is 16.8 Å². The molecule has 3 nitrogen and oxygen atoms in total. The molecule has 1 aromatic rings. The van der Waals surface area contributed by atoms with E-state index in [-0.39, 0.29) is 11.2 Å². The number of carbonyl (C=O) groups is 1. The summed E-state index contributed by atoms with van der Waals surface area (Å²) >= 11 is 0. The monoisotopic (exact) mass is 303 g/mol. The quantitative estimate of drug-likeness (QED) is 0.747. The van der Waals surface area contributed by atoms with E-state index in [1.807, 2.05) is 45.0 Å². The highest BCUT2D eigenvalue weighted by Crippen LogP contribution is 2.60. The highest BCUT2D eigenvalue weighted by atomic mass is 32.2. The summed E-state index contributed by atoms with van der Waals surface area (Å²) in [5.74, 6) is -0.0706. The van der Waals surface area contributed by atoms with E-state index < -0.39 is 21.0 Å². The van der Waals surface area contributed by atoms with Crippen molar-refractivity contribution in [1.29, 1.82) is 0 Å². The third-order valence-corrected chi connectivity index (χ3v) is 7.97. The number of para-hydroxylation sites is 1. The zero-order chi connectivity index (χ0) is 15.6. The Morgan fingerprint density at radius 1 is 1.38 bits per heavy atom. The summed E-state index contributed by atoms with van der Waals surface area (Å²) in [6.45, 7) is 9.92. The van der Waals surface area contributed by atoms with E-state index in [0.29, 0.717) is 6.42 Å². The molecule has 2 aliphatic rings. The van der Waals surface area contributed by atoms with Crippen LogP contribution in [-0.2, 0) is 15.6 Å². The fourth-order valence-electron chi connectivity index (χ4n) is 3.77. The molecule has 0 saturated carbocycles. The number of fused-ring (bicyclic) bond motifs is 4. The number of rotatable bonds is 1. The topological polar surface area (TPSA) is 37.4 Å². The van der Waals surface area contributed by atoms with Crippen molar-refractivity contribution in [3.63, 3.8) is 0 Å². The van der Waals surface area contributed by atoms with Crippen molar-refractivity contribution in [2.75, 3.05) is 11.9 Å². The van der Waals surface area contributed by atoms with E-state index in [4.69, 9.17) is 0 Å². The molecule has 4 atom stereocenters. The fourth-order valence-corrected chi connectivity index (χ4v) is 6.27. The summed E-state index contributed by atoms with van der Waals surface area (Å²) in [7, 11) is 0.525. The molecule has 0 aliphatic carbocycles. The molecule has 0 radical (unpaired) electrons. The van der Waals surface area contributed by atoms with Crippen LogP contribution in [0.15, 0.2) is 36.4 Å². The van der Waals surface area contributed by atoms with Gasteiger partial charge in [0.25, 0.3) is 0 Å². The average molecular weight is 303 g/mol. The number of hydrogen-bond acceptors (Lipinski definition) is 2.